The minimum absolute atomic E-state index is 0.238. The van der Waals surface area contributed by atoms with Crippen molar-refractivity contribution in [2.45, 2.75) is 38.5 Å². The Balaban J connectivity index is 1.88. The van der Waals surface area contributed by atoms with Crippen LogP contribution in [-0.4, -0.2) is 13.7 Å². The molecular weight excluding hydrogens is 210 g/mol. The second kappa shape index (κ2) is 4.14. The molecule has 4 aliphatic carbocycles. The molecule has 0 spiro atoms. The van der Waals surface area contributed by atoms with Crippen LogP contribution in [0.5, 0.6) is 0 Å². The van der Waals surface area contributed by atoms with E-state index < -0.39 is 0 Å². The van der Waals surface area contributed by atoms with Crippen LogP contribution in [0.25, 0.3) is 0 Å². The molecule has 0 radical (unpaired) electrons. The van der Waals surface area contributed by atoms with E-state index in [1.807, 2.05) is 6.08 Å². The van der Waals surface area contributed by atoms with E-state index >= 15 is 0 Å². The minimum atomic E-state index is 0.238. The molecule has 0 unspecified atom stereocenters. The standard InChI is InChI=1S/C15H21NO/c1-17-3-2-14(10-16)15-7-11-4-12(8-15)6-13(5-11)9-15/h2,11-13H,3-9H2,1H3/b14-2-. The summed E-state index contributed by atoms with van der Waals surface area (Å²) in [5.41, 5.74) is 1.26. The van der Waals surface area contributed by atoms with Gasteiger partial charge in [0.15, 0.2) is 0 Å². The van der Waals surface area contributed by atoms with Gasteiger partial charge in [-0.05, 0) is 62.4 Å². The molecule has 0 amide bonds. The molecule has 4 aliphatic rings. The van der Waals surface area contributed by atoms with Gasteiger partial charge in [-0.3, -0.25) is 0 Å². The van der Waals surface area contributed by atoms with Gasteiger partial charge in [0.05, 0.1) is 12.7 Å². The normalized spacial score (nSPS) is 43.8. The molecule has 4 saturated carbocycles. The number of hydrogen-bond acceptors (Lipinski definition) is 2. The number of nitriles is 1. The molecule has 0 atom stereocenters. The minimum Gasteiger partial charge on any atom is -0.381 e. The van der Waals surface area contributed by atoms with E-state index in [1.165, 1.54) is 38.5 Å². The lowest BCUT2D eigenvalue weighted by atomic mass is 9.48. The molecular formula is C15H21NO. The molecule has 0 saturated heterocycles. The van der Waals surface area contributed by atoms with Crippen LogP contribution < -0.4 is 0 Å². The highest BCUT2D eigenvalue weighted by molar-refractivity contribution is 5.32. The molecule has 92 valence electrons. The highest BCUT2D eigenvalue weighted by Gasteiger charge is 2.52. The first-order chi connectivity index (χ1) is 8.25. The average Bonchev–Trinajstić information content (AvgIpc) is 2.27. The van der Waals surface area contributed by atoms with E-state index in [0.29, 0.717) is 6.61 Å². The van der Waals surface area contributed by atoms with Gasteiger partial charge in [-0.2, -0.15) is 5.26 Å². The van der Waals surface area contributed by atoms with Gasteiger partial charge in [-0.1, -0.05) is 0 Å². The Labute approximate surface area is 104 Å². The van der Waals surface area contributed by atoms with Crippen LogP contribution in [0.15, 0.2) is 11.6 Å². The van der Waals surface area contributed by atoms with Crippen LogP contribution in [0.4, 0.5) is 0 Å². The third-order valence-electron chi connectivity index (χ3n) is 5.18. The Morgan fingerprint density at radius 1 is 1.24 bits per heavy atom. The van der Waals surface area contributed by atoms with Crippen molar-refractivity contribution in [2.75, 3.05) is 13.7 Å². The van der Waals surface area contributed by atoms with Crippen molar-refractivity contribution in [3.05, 3.63) is 11.6 Å². The van der Waals surface area contributed by atoms with Crippen LogP contribution in [0.2, 0.25) is 0 Å². The van der Waals surface area contributed by atoms with Gasteiger partial charge in [0, 0.05) is 18.1 Å². The Hall–Kier alpha value is -0.810. The first-order valence-corrected chi connectivity index (χ1v) is 6.85. The monoisotopic (exact) mass is 231 g/mol. The summed E-state index contributed by atoms with van der Waals surface area (Å²) in [6.07, 6.45) is 10.1. The van der Waals surface area contributed by atoms with Gasteiger partial charge in [0.2, 0.25) is 0 Å². The zero-order chi connectivity index (χ0) is 11.9. The number of ether oxygens (including phenoxy) is 1. The summed E-state index contributed by atoms with van der Waals surface area (Å²) in [5, 5.41) is 9.44. The van der Waals surface area contributed by atoms with Gasteiger partial charge in [0.25, 0.3) is 0 Å². The molecule has 17 heavy (non-hydrogen) atoms. The van der Waals surface area contributed by atoms with Crippen molar-refractivity contribution in [3.63, 3.8) is 0 Å². The molecule has 4 rings (SSSR count). The highest BCUT2D eigenvalue weighted by atomic mass is 16.5. The lowest BCUT2D eigenvalue weighted by Crippen LogP contribution is -2.46. The first kappa shape index (κ1) is 11.3. The molecule has 0 aromatic rings. The third kappa shape index (κ3) is 1.81. The Kier molecular flexibility index (Phi) is 2.75. The Morgan fingerprint density at radius 3 is 2.18 bits per heavy atom. The van der Waals surface area contributed by atoms with Gasteiger partial charge in [-0.15, -0.1) is 0 Å². The number of nitrogens with zero attached hydrogens (tertiary/aromatic N) is 1. The van der Waals surface area contributed by atoms with E-state index in [9.17, 15) is 5.26 Å². The molecule has 0 aliphatic heterocycles. The topological polar surface area (TPSA) is 33.0 Å². The van der Waals surface area contributed by atoms with E-state index in [4.69, 9.17) is 4.74 Å². The van der Waals surface area contributed by atoms with E-state index in [1.54, 1.807) is 7.11 Å². The van der Waals surface area contributed by atoms with Crippen molar-refractivity contribution in [2.24, 2.45) is 23.2 Å². The summed E-state index contributed by atoms with van der Waals surface area (Å²) in [6, 6.07) is 2.48. The number of rotatable bonds is 3. The van der Waals surface area contributed by atoms with Gasteiger partial charge >= 0.3 is 0 Å². The van der Waals surface area contributed by atoms with Gasteiger partial charge in [0.1, 0.15) is 0 Å². The predicted octanol–water partition coefficient (Wildman–Crippen LogP) is 3.30. The second-order valence-electron chi connectivity index (χ2n) is 6.38. The molecule has 0 N–H and O–H groups in total. The third-order valence-corrected chi connectivity index (χ3v) is 5.18. The van der Waals surface area contributed by atoms with E-state index in [-0.39, 0.29) is 5.41 Å². The maximum Gasteiger partial charge on any atom is 0.0950 e. The van der Waals surface area contributed by atoms with Gasteiger partial charge < -0.3 is 4.74 Å². The Morgan fingerprint density at radius 2 is 1.76 bits per heavy atom. The highest BCUT2D eigenvalue weighted by Crippen LogP contribution is 2.62. The van der Waals surface area contributed by atoms with Crippen molar-refractivity contribution >= 4 is 0 Å². The molecule has 4 fully saturated rings. The summed E-state index contributed by atoms with van der Waals surface area (Å²) in [7, 11) is 1.70. The number of methoxy groups -OCH3 is 1. The maximum atomic E-state index is 9.44. The molecule has 0 aromatic heterocycles. The summed E-state index contributed by atoms with van der Waals surface area (Å²) < 4.78 is 5.11. The Bertz CT molecular complexity index is 342. The summed E-state index contributed by atoms with van der Waals surface area (Å²) in [6.45, 7) is 0.588. The molecule has 2 nitrogen and oxygen atoms in total. The van der Waals surface area contributed by atoms with Gasteiger partial charge in [-0.25, -0.2) is 0 Å². The molecule has 2 heteroatoms. The summed E-state index contributed by atoms with van der Waals surface area (Å²) in [5.74, 6) is 2.71. The zero-order valence-corrected chi connectivity index (χ0v) is 10.6. The fourth-order valence-electron chi connectivity index (χ4n) is 4.99. The van der Waals surface area contributed by atoms with Crippen LogP contribution in [0.3, 0.4) is 0 Å². The SMILES string of the molecule is COC/C=C(/C#N)C12CC3CC(CC(C3)C1)C2. The number of allylic oxidation sites excluding steroid dienone is 1. The molecule has 0 heterocycles. The molecule has 0 aromatic carbocycles. The second-order valence-corrected chi connectivity index (χ2v) is 6.38. The fraction of sp³-hybridized carbons (Fsp3) is 0.800. The zero-order valence-electron chi connectivity index (χ0n) is 10.6. The summed E-state index contributed by atoms with van der Waals surface area (Å²) >= 11 is 0. The number of hydrogen-bond donors (Lipinski definition) is 0. The van der Waals surface area contributed by atoms with E-state index in [0.717, 1.165) is 23.3 Å². The smallest absolute Gasteiger partial charge is 0.0950 e. The maximum absolute atomic E-state index is 9.44. The average molecular weight is 231 g/mol. The lowest BCUT2D eigenvalue weighted by Gasteiger charge is -2.56. The fourth-order valence-corrected chi connectivity index (χ4v) is 4.99. The van der Waals surface area contributed by atoms with Crippen molar-refractivity contribution in [1.82, 2.24) is 0 Å². The lowest BCUT2D eigenvalue weighted by molar-refractivity contribution is -0.0284. The van der Waals surface area contributed by atoms with Crippen LogP contribution in [0.1, 0.15) is 38.5 Å². The predicted molar refractivity (Wildman–Crippen MR) is 66.2 cm³/mol. The van der Waals surface area contributed by atoms with E-state index in [2.05, 4.69) is 6.07 Å². The quantitative estimate of drug-likeness (QED) is 0.698. The summed E-state index contributed by atoms with van der Waals surface area (Å²) in [4.78, 5) is 0. The van der Waals surface area contributed by atoms with Crippen molar-refractivity contribution in [3.8, 4) is 6.07 Å². The van der Waals surface area contributed by atoms with Crippen LogP contribution in [0, 0.1) is 34.5 Å². The van der Waals surface area contributed by atoms with Crippen molar-refractivity contribution < 1.29 is 4.74 Å². The van der Waals surface area contributed by atoms with Crippen molar-refractivity contribution in [1.29, 1.82) is 5.26 Å². The first-order valence-electron chi connectivity index (χ1n) is 6.85. The largest absolute Gasteiger partial charge is 0.381 e. The van der Waals surface area contributed by atoms with Crippen LogP contribution in [-0.2, 0) is 4.74 Å². The van der Waals surface area contributed by atoms with Crippen LogP contribution >= 0.6 is 0 Å². The molecule has 4 bridgehead atoms.